The van der Waals surface area contributed by atoms with Gasteiger partial charge in [0.25, 0.3) is 5.91 Å². The summed E-state index contributed by atoms with van der Waals surface area (Å²) in [5, 5.41) is 2.72. The summed E-state index contributed by atoms with van der Waals surface area (Å²) >= 11 is 0. The molecule has 0 aliphatic carbocycles. The number of hydrogen-bond donors (Lipinski definition) is 2. The van der Waals surface area contributed by atoms with Gasteiger partial charge in [-0.25, -0.2) is 4.39 Å². The molecular weight excluding hydrogens is 271 g/mol. The van der Waals surface area contributed by atoms with Gasteiger partial charge in [0.2, 0.25) is 0 Å². The number of nitrogens with two attached hydrogens (primary N) is 1. The predicted octanol–water partition coefficient (Wildman–Crippen LogP) is 3.04. The summed E-state index contributed by atoms with van der Waals surface area (Å²) in [7, 11) is 0. The van der Waals surface area contributed by atoms with E-state index in [9.17, 15) is 9.18 Å². The van der Waals surface area contributed by atoms with E-state index >= 15 is 0 Å². The summed E-state index contributed by atoms with van der Waals surface area (Å²) in [4.78, 5) is 11.8. The average Bonchev–Trinajstić information content (AvgIpc) is 2.43. The molecule has 21 heavy (non-hydrogen) atoms. The molecule has 0 spiro atoms. The van der Waals surface area contributed by atoms with Crippen LogP contribution in [-0.4, -0.2) is 12.5 Å². The number of rotatable bonds is 4. The summed E-state index contributed by atoms with van der Waals surface area (Å²) < 4.78 is 18.6. The van der Waals surface area contributed by atoms with Crippen molar-refractivity contribution in [3.63, 3.8) is 0 Å². The molecule has 2 rings (SSSR count). The topological polar surface area (TPSA) is 64.3 Å². The maximum atomic E-state index is 13.3. The van der Waals surface area contributed by atoms with E-state index in [0.717, 1.165) is 5.56 Å². The van der Waals surface area contributed by atoms with Gasteiger partial charge in [0.1, 0.15) is 11.6 Å². The van der Waals surface area contributed by atoms with Crippen LogP contribution in [0.3, 0.4) is 0 Å². The Hall–Kier alpha value is -2.56. The number of nitrogens with one attached hydrogen (secondary N) is 1. The molecule has 0 unspecified atom stereocenters. The van der Waals surface area contributed by atoms with Crippen molar-refractivity contribution < 1.29 is 13.9 Å². The Morgan fingerprint density at radius 2 is 1.95 bits per heavy atom. The SMILES string of the molecule is Cc1ccc(OCC(=O)Nc2ccc(N)cc2C)cc1F. The zero-order valence-corrected chi connectivity index (χ0v) is 11.9. The van der Waals surface area contributed by atoms with E-state index in [1.807, 2.05) is 6.92 Å². The largest absolute Gasteiger partial charge is 0.484 e. The number of amides is 1. The molecule has 0 aliphatic heterocycles. The third-order valence-electron chi connectivity index (χ3n) is 3.04. The van der Waals surface area contributed by atoms with Crippen molar-refractivity contribution in [3.8, 4) is 5.75 Å². The van der Waals surface area contributed by atoms with Gasteiger partial charge in [0.15, 0.2) is 6.61 Å². The number of anilines is 2. The van der Waals surface area contributed by atoms with Gasteiger partial charge in [-0.2, -0.15) is 0 Å². The van der Waals surface area contributed by atoms with Gasteiger partial charge < -0.3 is 15.8 Å². The number of nitrogen functional groups attached to an aromatic ring is 1. The number of carbonyl (C=O) groups excluding carboxylic acids is 1. The van der Waals surface area contributed by atoms with E-state index in [1.54, 1.807) is 37.3 Å². The van der Waals surface area contributed by atoms with Crippen LogP contribution >= 0.6 is 0 Å². The van der Waals surface area contributed by atoms with E-state index in [0.29, 0.717) is 22.7 Å². The van der Waals surface area contributed by atoms with Crippen molar-refractivity contribution in [1.29, 1.82) is 0 Å². The number of aryl methyl sites for hydroxylation is 2. The molecule has 0 heterocycles. The maximum absolute atomic E-state index is 13.3. The van der Waals surface area contributed by atoms with Crippen molar-refractivity contribution in [2.24, 2.45) is 0 Å². The standard InChI is InChI=1S/C16H17FN2O2/c1-10-3-5-13(8-14(10)17)21-9-16(20)19-15-6-4-12(18)7-11(15)2/h3-8H,9,18H2,1-2H3,(H,19,20). The van der Waals surface area contributed by atoms with E-state index in [1.165, 1.54) is 6.07 Å². The predicted molar refractivity (Wildman–Crippen MR) is 80.9 cm³/mol. The lowest BCUT2D eigenvalue weighted by atomic mass is 10.2. The molecule has 0 fully saturated rings. The molecule has 3 N–H and O–H groups in total. The number of hydrogen-bond acceptors (Lipinski definition) is 3. The lowest BCUT2D eigenvalue weighted by Gasteiger charge is -2.10. The smallest absolute Gasteiger partial charge is 0.262 e. The Labute approximate surface area is 122 Å². The van der Waals surface area contributed by atoms with Crippen LogP contribution < -0.4 is 15.8 Å². The van der Waals surface area contributed by atoms with E-state index in [-0.39, 0.29) is 18.3 Å². The Kier molecular flexibility index (Phi) is 4.42. The normalized spacial score (nSPS) is 10.2. The van der Waals surface area contributed by atoms with Crippen molar-refractivity contribution >= 4 is 17.3 Å². The fraction of sp³-hybridized carbons (Fsp3) is 0.188. The van der Waals surface area contributed by atoms with Gasteiger partial charge in [-0.1, -0.05) is 6.07 Å². The van der Waals surface area contributed by atoms with E-state index < -0.39 is 0 Å². The molecule has 0 atom stereocenters. The first-order valence-electron chi connectivity index (χ1n) is 6.50. The molecule has 0 aliphatic rings. The lowest BCUT2D eigenvalue weighted by Crippen LogP contribution is -2.20. The highest BCUT2D eigenvalue weighted by Gasteiger charge is 2.07. The van der Waals surface area contributed by atoms with Gasteiger partial charge in [-0.3, -0.25) is 4.79 Å². The first-order valence-corrected chi connectivity index (χ1v) is 6.50. The minimum atomic E-state index is -0.359. The molecule has 2 aromatic rings. The Morgan fingerprint density at radius 1 is 1.19 bits per heavy atom. The van der Waals surface area contributed by atoms with Crippen LogP contribution in [0.1, 0.15) is 11.1 Å². The molecule has 5 heteroatoms. The second kappa shape index (κ2) is 6.26. The van der Waals surface area contributed by atoms with Crippen molar-refractivity contribution in [1.82, 2.24) is 0 Å². The van der Waals surface area contributed by atoms with Gasteiger partial charge in [-0.15, -0.1) is 0 Å². The molecule has 0 aromatic heterocycles. The number of carbonyl (C=O) groups is 1. The lowest BCUT2D eigenvalue weighted by molar-refractivity contribution is -0.118. The third-order valence-corrected chi connectivity index (χ3v) is 3.04. The Balaban J connectivity index is 1.94. The van der Waals surface area contributed by atoms with Crippen molar-refractivity contribution in [3.05, 3.63) is 53.3 Å². The van der Waals surface area contributed by atoms with Crippen LogP contribution in [-0.2, 0) is 4.79 Å². The molecule has 1 amide bonds. The van der Waals surface area contributed by atoms with Crippen LogP contribution in [0.4, 0.5) is 15.8 Å². The first-order chi connectivity index (χ1) is 9.95. The molecule has 4 nitrogen and oxygen atoms in total. The molecule has 110 valence electrons. The number of halogens is 1. The van der Waals surface area contributed by atoms with Crippen molar-refractivity contribution in [2.45, 2.75) is 13.8 Å². The van der Waals surface area contributed by atoms with Gasteiger partial charge in [0.05, 0.1) is 0 Å². The van der Waals surface area contributed by atoms with Crippen LogP contribution in [0.15, 0.2) is 36.4 Å². The van der Waals surface area contributed by atoms with E-state index in [2.05, 4.69) is 5.32 Å². The summed E-state index contributed by atoms with van der Waals surface area (Å²) in [5.41, 5.74) is 8.35. The summed E-state index contributed by atoms with van der Waals surface area (Å²) in [6.07, 6.45) is 0. The van der Waals surface area contributed by atoms with Crippen LogP contribution in [0.5, 0.6) is 5.75 Å². The average molecular weight is 288 g/mol. The minimum absolute atomic E-state index is 0.188. The van der Waals surface area contributed by atoms with Crippen LogP contribution in [0.2, 0.25) is 0 Å². The molecule has 0 bridgehead atoms. The zero-order valence-electron chi connectivity index (χ0n) is 11.9. The zero-order chi connectivity index (χ0) is 15.4. The Bertz CT molecular complexity index is 671. The second-order valence-corrected chi connectivity index (χ2v) is 4.82. The highest BCUT2D eigenvalue weighted by molar-refractivity contribution is 5.92. The summed E-state index contributed by atoms with van der Waals surface area (Å²) in [5.74, 6) is -0.353. The number of ether oxygens (including phenoxy) is 1. The number of benzene rings is 2. The molecular formula is C16H17FN2O2. The Morgan fingerprint density at radius 3 is 2.62 bits per heavy atom. The third kappa shape index (κ3) is 3.95. The fourth-order valence-electron chi connectivity index (χ4n) is 1.83. The fourth-order valence-corrected chi connectivity index (χ4v) is 1.83. The highest BCUT2D eigenvalue weighted by atomic mass is 19.1. The quantitative estimate of drug-likeness (QED) is 0.850. The molecule has 2 aromatic carbocycles. The minimum Gasteiger partial charge on any atom is -0.484 e. The first kappa shape index (κ1) is 14.8. The van der Waals surface area contributed by atoms with Gasteiger partial charge in [-0.05, 0) is 49.2 Å². The highest BCUT2D eigenvalue weighted by Crippen LogP contribution is 2.18. The van der Waals surface area contributed by atoms with Crippen LogP contribution in [0.25, 0.3) is 0 Å². The molecule has 0 saturated carbocycles. The molecule has 0 saturated heterocycles. The van der Waals surface area contributed by atoms with Gasteiger partial charge >= 0.3 is 0 Å². The maximum Gasteiger partial charge on any atom is 0.262 e. The van der Waals surface area contributed by atoms with Gasteiger partial charge in [0, 0.05) is 17.4 Å². The van der Waals surface area contributed by atoms with Crippen molar-refractivity contribution in [2.75, 3.05) is 17.7 Å². The summed E-state index contributed by atoms with van der Waals surface area (Å²) in [6.45, 7) is 3.32. The van der Waals surface area contributed by atoms with Crippen LogP contribution in [0, 0.1) is 19.7 Å². The monoisotopic (exact) mass is 288 g/mol. The summed E-state index contributed by atoms with van der Waals surface area (Å²) in [6, 6.07) is 9.70. The molecule has 0 radical (unpaired) electrons. The van der Waals surface area contributed by atoms with E-state index in [4.69, 9.17) is 10.5 Å². The second-order valence-electron chi connectivity index (χ2n) is 4.82.